The molecule has 0 saturated heterocycles. The molecule has 0 amide bonds. The van der Waals surface area contributed by atoms with Crippen molar-refractivity contribution in [2.45, 2.75) is 5.63 Å². The Hall–Kier alpha value is -0.0000000000000000486. The van der Waals surface area contributed by atoms with E-state index in [1.165, 1.54) is 21.1 Å². The second-order valence-corrected chi connectivity index (χ2v) is 3.63. The van der Waals surface area contributed by atoms with Crippen molar-refractivity contribution >= 4 is 11.1 Å². The summed E-state index contributed by atoms with van der Waals surface area (Å²) < 4.78 is 30.6. The smallest absolute Gasteiger partial charge is 0.299 e. The van der Waals surface area contributed by atoms with E-state index in [2.05, 4.69) is 0 Å². The lowest BCUT2D eigenvalue weighted by Crippen LogP contribution is -2.44. The van der Waals surface area contributed by atoms with E-state index in [0.717, 1.165) is 0 Å². The van der Waals surface area contributed by atoms with Crippen molar-refractivity contribution in [1.82, 2.24) is 0 Å². The van der Waals surface area contributed by atoms with Crippen molar-refractivity contribution in [2.75, 3.05) is 21.1 Å². The van der Waals surface area contributed by atoms with Gasteiger partial charge in [-0.15, -0.1) is 0 Å². The molecule has 0 aromatic carbocycles. The number of halogens is 1. The summed E-state index contributed by atoms with van der Waals surface area (Å²) in [5.74, 6) is 0. The molecule has 3 nitrogen and oxygen atoms in total. The van der Waals surface area contributed by atoms with Crippen LogP contribution in [0.5, 0.6) is 0 Å². The Morgan fingerprint density at radius 1 is 1.56 bits per heavy atom. The third-order valence-electron chi connectivity index (χ3n) is 0.775. The van der Waals surface area contributed by atoms with Gasteiger partial charge in [0.2, 0.25) is 11.1 Å². The van der Waals surface area contributed by atoms with E-state index in [-0.39, 0.29) is 4.48 Å². The molecule has 0 aliphatic carbocycles. The minimum atomic E-state index is -2.37. The Morgan fingerprint density at radius 2 is 1.89 bits per heavy atom. The summed E-state index contributed by atoms with van der Waals surface area (Å²) in [4.78, 5) is 0. The number of alkyl halides is 1. The van der Waals surface area contributed by atoms with Crippen LogP contribution in [0.3, 0.4) is 0 Å². The number of nitrogens with zero attached hydrogens (tertiary/aromatic N) is 1. The van der Waals surface area contributed by atoms with E-state index in [1.807, 2.05) is 0 Å². The number of rotatable bonds is 2. The SMILES string of the molecule is C[N+](C)(C)C(F)S(=O)O. The van der Waals surface area contributed by atoms with Gasteiger partial charge in [-0.05, 0) is 0 Å². The second-order valence-electron chi connectivity index (χ2n) is 2.68. The fourth-order valence-electron chi connectivity index (χ4n) is 0.271. The summed E-state index contributed by atoms with van der Waals surface area (Å²) in [7, 11) is 4.54. The van der Waals surface area contributed by atoms with Crippen LogP contribution < -0.4 is 0 Å². The van der Waals surface area contributed by atoms with E-state index in [4.69, 9.17) is 4.55 Å². The van der Waals surface area contributed by atoms with Gasteiger partial charge in [0.1, 0.15) is 0 Å². The number of hydrogen-bond acceptors (Lipinski definition) is 1. The molecule has 0 heterocycles. The maximum Gasteiger partial charge on any atom is 0.332 e. The van der Waals surface area contributed by atoms with Crippen molar-refractivity contribution in [3.8, 4) is 0 Å². The highest BCUT2D eigenvalue weighted by atomic mass is 32.2. The fraction of sp³-hybridized carbons (Fsp3) is 1.00. The molecule has 5 heteroatoms. The molecule has 0 rings (SSSR count). The highest BCUT2D eigenvalue weighted by Gasteiger charge is 2.28. The first-order chi connectivity index (χ1) is 3.85. The van der Waals surface area contributed by atoms with Crippen LogP contribution in [0.25, 0.3) is 0 Å². The largest absolute Gasteiger partial charge is 0.332 e. The zero-order valence-corrected chi connectivity index (χ0v) is 6.48. The van der Waals surface area contributed by atoms with Crippen molar-refractivity contribution < 1.29 is 17.6 Å². The lowest BCUT2D eigenvalue weighted by molar-refractivity contribution is -0.895. The maximum atomic E-state index is 12.5. The lowest BCUT2D eigenvalue weighted by atomic mass is 10.7. The molecule has 0 saturated carbocycles. The Kier molecular flexibility index (Phi) is 2.72. The van der Waals surface area contributed by atoms with Gasteiger partial charge in [-0.1, -0.05) is 0 Å². The summed E-state index contributed by atoms with van der Waals surface area (Å²) >= 11 is -2.37. The number of hydrogen-bond donors (Lipinski definition) is 1. The van der Waals surface area contributed by atoms with E-state index in [1.54, 1.807) is 0 Å². The van der Waals surface area contributed by atoms with Crippen molar-refractivity contribution in [2.24, 2.45) is 0 Å². The summed E-state index contributed by atoms with van der Waals surface area (Å²) in [6.07, 6.45) is 0. The lowest BCUT2D eigenvalue weighted by Gasteiger charge is -2.24. The van der Waals surface area contributed by atoms with Gasteiger partial charge in [-0.25, -0.2) is 4.21 Å². The first-order valence-corrected chi connectivity index (χ1v) is 3.57. The summed E-state index contributed by atoms with van der Waals surface area (Å²) in [6, 6.07) is 0. The Labute approximate surface area is 56.3 Å². The van der Waals surface area contributed by atoms with Crippen LogP contribution in [0.15, 0.2) is 0 Å². The molecule has 0 aromatic heterocycles. The Balaban J connectivity index is 4.04. The third-order valence-corrected chi connectivity index (χ3v) is 1.74. The first kappa shape index (κ1) is 9.00. The second kappa shape index (κ2) is 2.72. The summed E-state index contributed by atoms with van der Waals surface area (Å²) in [5, 5.41) is 0. The molecule has 0 aromatic rings. The van der Waals surface area contributed by atoms with E-state index < -0.39 is 16.7 Å². The first-order valence-electron chi connectivity index (χ1n) is 2.40. The molecule has 0 spiro atoms. The van der Waals surface area contributed by atoms with Gasteiger partial charge in [0.25, 0.3) is 0 Å². The van der Waals surface area contributed by atoms with E-state index >= 15 is 0 Å². The number of quaternary nitrogens is 1. The summed E-state index contributed by atoms with van der Waals surface area (Å²) in [5.41, 5.74) is -1.72. The van der Waals surface area contributed by atoms with E-state index in [9.17, 15) is 8.60 Å². The van der Waals surface area contributed by atoms with Gasteiger partial charge < -0.3 is 0 Å². The molecular formula is C4H11FNO2S+. The average Bonchev–Trinajstić information content (AvgIpc) is 1.62. The van der Waals surface area contributed by atoms with Crippen LogP contribution in [0, 0.1) is 0 Å². The molecule has 2 atom stereocenters. The maximum absolute atomic E-state index is 12.5. The van der Waals surface area contributed by atoms with Crippen LogP contribution in [0.2, 0.25) is 0 Å². The van der Waals surface area contributed by atoms with Gasteiger partial charge in [0.05, 0.1) is 21.1 Å². The molecule has 0 radical (unpaired) electrons. The molecule has 56 valence electrons. The minimum absolute atomic E-state index is 0.150. The summed E-state index contributed by atoms with van der Waals surface area (Å²) in [6.45, 7) is 0. The van der Waals surface area contributed by atoms with Crippen molar-refractivity contribution in [3.63, 3.8) is 0 Å². The Morgan fingerprint density at radius 3 is 1.89 bits per heavy atom. The highest BCUT2D eigenvalue weighted by Crippen LogP contribution is 2.06. The molecule has 1 N–H and O–H groups in total. The van der Waals surface area contributed by atoms with Crippen LogP contribution in [-0.2, 0) is 11.1 Å². The normalized spacial score (nSPS) is 19.2. The van der Waals surface area contributed by atoms with Crippen LogP contribution >= 0.6 is 0 Å². The Bertz CT molecular complexity index is 122. The molecular weight excluding hydrogens is 145 g/mol. The molecule has 9 heavy (non-hydrogen) atoms. The van der Waals surface area contributed by atoms with Gasteiger partial charge in [-0.3, -0.25) is 9.04 Å². The van der Waals surface area contributed by atoms with Gasteiger partial charge >= 0.3 is 5.63 Å². The van der Waals surface area contributed by atoms with Crippen LogP contribution in [0.4, 0.5) is 4.39 Å². The molecule has 2 unspecified atom stereocenters. The molecule has 0 bridgehead atoms. The quantitative estimate of drug-likeness (QED) is 0.351. The topological polar surface area (TPSA) is 37.3 Å². The van der Waals surface area contributed by atoms with Crippen LogP contribution in [0.1, 0.15) is 0 Å². The van der Waals surface area contributed by atoms with Gasteiger partial charge in [0.15, 0.2) is 0 Å². The van der Waals surface area contributed by atoms with Gasteiger partial charge in [0, 0.05) is 0 Å². The predicted octanol–water partition coefficient (Wildman–Crippen LogP) is 0.167. The van der Waals surface area contributed by atoms with Crippen LogP contribution in [-0.4, -0.2) is 40.0 Å². The standard InChI is InChI=1S/C4H10FNO2S/c1-6(2,3)4(5)9(7)8/h4H,1-3H3/p+1. The monoisotopic (exact) mass is 156 g/mol. The van der Waals surface area contributed by atoms with Gasteiger partial charge in [-0.2, -0.15) is 4.39 Å². The van der Waals surface area contributed by atoms with Crippen molar-refractivity contribution in [3.05, 3.63) is 0 Å². The predicted molar refractivity (Wildman–Crippen MR) is 33.7 cm³/mol. The van der Waals surface area contributed by atoms with Crippen molar-refractivity contribution in [1.29, 1.82) is 0 Å². The van der Waals surface area contributed by atoms with E-state index in [0.29, 0.717) is 0 Å². The zero-order valence-electron chi connectivity index (χ0n) is 5.67. The fourth-order valence-corrected chi connectivity index (χ4v) is 0.812. The third kappa shape index (κ3) is 2.88. The molecule has 0 fully saturated rings. The zero-order chi connectivity index (χ0) is 7.65. The average molecular weight is 156 g/mol. The molecule has 0 aliphatic heterocycles. The highest BCUT2D eigenvalue weighted by molar-refractivity contribution is 7.79. The minimum Gasteiger partial charge on any atom is -0.299 e. The molecule has 0 aliphatic rings.